The lowest BCUT2D eigenvalue weighted by Crippen LogP contribution is -2.36. The van der Waals surface area contributed by atoms with Gasteiger partial charge in [-0.15, -0.1) is 12.4 Å². The Morgan fingerprint density at radius 2 is 2.14 bits per heavy atom. The molecule has 2 aliphatic rings. The van der Waals surface area contributed by atoms with Gasteiger partial charge in [0.25, 0.3) is 0 Å². The molecule has 0 radical (unpaired) electrons. The maximum Gasteiger partial charge on any atom is 0.223 e. The fourth-order valence-corrected chi connectivity index (χ4v) is 3.59. The molecule has 2 unspecified atom stereocenters. The Labute approximate surface area is 140 Å². The Hall–Kier alpha value is -0.580. The van der Waals surface area contributed by atoms with E-state index in [2.05, 4.69) is 39.4 Å². The van der Waals surface area contributed by atoms with Crippen LogP contribution < -0.4 is 11.1 Å². The van der Waals surface area contributed by atoms with Gasteiger partial charge >= 0.3 is 0 Å². The smallest absolute Gasteiger partial charge is 0.223 e. The molecule has 3 nitrogen and oxygen atoms in total. The van der Waals surface area contributed by atoms with Crippen molar-refractivity contribution in [2.75, 3.05) is 6.54 Å². The largest absolute Gasteiger partial charge is 0.355 e. The number of halogens is 2. The molecule has 1 aromatic carbocycles. The lowest BCUT2D eigenvalue weighted by Gasteiger charge is -2.18. The first kappa shape index (κ1) is 16.8. The van der Waals surface area contributed by atoms with E-state index in [1.807, 2.05) is 6.07 Å². The molecule has 2 atom stereocenters. The van der Waals surface area contributed by atoms with Gasteiger partial charge in [-0.05, 0) is 49.8 Å². The van der Waals surface area contributed by atoms with Gasteiger partial charge in [-0.1, -0.05) is 28.1 Å². The zero-order valence-corrected chi connectivity index (χ0v) is 14.4. The second-order valence-corrected chi connectivity index (χ2v) is 7.19. The molecule has 21 heavy (non-hydrogen) atoms. The van der Waals surface area contributed by atoms with Crippen molar-refractivity contribution in [3.05, 3.63) is 34.3 Å². The van der Waals surface area contributed by atoms with E-state index >= 15 is 0 Å². The minimum Gasteiger partial charge on any atom is -0.355 e. The summed E-state index contributed by atoms with van der Waals surface area (Å²) in [6.45, 7) is 0.758. The van der Waals surface area contributed by atoms with Gasteiger partial charge in [0, 0.05) is 28.4 Å². The zero-order valence-electron chi connectivity index (χ0n) is 12.0. The minimum atomic E-state index is 0. The van der Waals surface area contributed by atoms with Crippen molar-refractivity contribution in [1.29, 1.82) is 0 Å². The molecular formula is C16H22BrClN2O. The number of carbonyl (C=O) groups is 1. The van der Waals surface area contributed by atoms with Crippen LogP contribution in [0.15, 0.2) is 28.7 Å². The SMILES string of the molecule is Cl.NC1CCC(C(=O)NCC2(c3cccc(Br)c3)CC2)C1. The van der Waals surface area contributed by atoms with Crippen molar-refractivity contribution < 1.29 is 4.79 Å². The Morgan fingerprint density at radius 3 is 2.71 bits per heavy atom. The van der Waals surface area contributed by atoms with E-state index in [4.69, 9.17) is 5.73 Å². The highest BCUT2D eigenvalue weighted by molar-refractivity contribution is 9.10. The number of nitrogens with one attached hydrogen (secondary N) is 1. The van der Waals surface area contributed by atoms with E-state index in [0.29, 0.717) is 0 Å². The highest BCUT2D eigenvalue weighted by Gasteiger charge is 2.44. The van der Waals surface area contributed by atoms with Crippen LogP contribution in [0.25, 0.3) is 0 Å². The lowest BCUT2D eigenvalue weighted by molar-refractivity contribution is -0.124. The Kier molecular flexibility index (Phi) is 5.33. The molecule has 3 rings (SSSR count). The van der Waals surface area contributed by atoms with Crippen molar-refractivity contribution in [3.8, 4) is 0 Å². The fraction of sp³-hybridized carbons (Fsp3) is 0.562. The number of nitrogens with two attached hydrogens (primary N) is 1. The highest BCUT2D eigenvalue weighted by atomic mass is 79.9. The summed E-state index contributed by atoms with van der Waals surface area (Å²) in [5.41, 5.74) is 7.38. The van der Waals surface area contributed by atoms with Crippen molar-refractivity contribution in [2.45, 2.75) is 43.6 Å². The molecule has 2 aliphatic carbocycles. The van der Waals surface area contributed by atoms with E-state index in [1.165, 1.54) is 5.56 Å². The summed E-state index contributed by atoms with van der Waals surface area (Å²) in [7, 11) is 0. The molecule has 2 fully saturated rings. The summed E-state index contributed by atoms with van der Waals surface area (Å²) in [5.74, 6) is 0.322. The van der Waals surface area contributed by atoms with Crippen molar-refractivity contribution in [3.63, 3.8) is 0 Å². The highest BCUT2D eigenvalue weighted by Crippen LogP contribution is 2.48. The maximum absolute atomic E-state index is 12.2. The van der Waals surface area contributed by atoms with Crippen molar-refractivity contribution in [2.24, 2.45) is 11.7 Å². The molecule has 0 heterocycles. The first-order chi connectivity index (χ1) is 9.59. The quantitative estimate of drug-likeness (QED) is 0.852. The number of benzene rings is 1. The van der Waals surface area contributed by atoms with Crippen LogP contribution in [0.2, 0.25) is 0 Å². The normalized spacial score (nSPS) is 26.0. The molecule has 0 aromatic heterocycles. The van der Waals surface area contributed by atoms with Gasteiger partial charge in [0.05, 0.1) is 0 Å². The van der Waals surface area contributed by atoms with Crippen LogP contribution in [0.4, 0.5) is 0 Å². The number of carbonyl (C=O) groups excluding carboxylic acids is 1. The molecule has 0 aliphatic heterocycles. The van der Waals surface area contributed by atoms with Gasteiger partial charge in [0.1, 0.15) is 0 Å². The molecule has 5 heteroatoms. The predicted octanol–water partition coefficient (Wildman–Crippen LogP) is 3.15. The Balaban J connectivity index is 0.00000161. The topological polar surface area (TPSA) is 55.1 Å². The van der Waals surface area contributed by atoms with Crippen molar-refractivity contribution >= 4 is 34.2 Å². The molecule has 1 aromatic rings. The van der Waals surface area contributed by atoms with E-state index in [-0.39, 0.29) is 35.7 Å². The predicted molar refractivity (Wildman–Crippen MR) is 90.6 cm³/mol. The first-order valence-corrected chi connectivity index (χ1v) is 8.18. The number of amides is 1. The van der Waals surface area contributed by atoms with E-state index < -0.39 is 0 Å². The molecule has 0 bridgehead atoms. The average Bonchev–Trinajstić information content (AvgIpc) is 3.11. The van der Waals surface area contributed by atoms with Crippen LogP contribution in [0, 0.1) is 5.92 Å². The third kappa shape index (κ3) is 3.79. The van der Waals surface area contributed by atoms with Crippen LogP contribution in [0.5, 0.6) is 0 Å². The summed E-state index contributed by atoms with van der Waals surface area (Å²) >= 11 is 3.52. The third-order valence-electron chi connectivity index (χ3n) is 4.74. The van der Waals surface area contributed by atoms with Gasteiger partial charge in [0.15, 0.2) is 0 Å². The number of hydrogen-bond acceptors (Lipinski definition) is 2. The third-order valence-corrected chi connectivity index (χ3v) is 5.23. The fourth-order valence-electron chi connectivity index (χ4n) is 3.19. The monoisotopic (exact) mass is 372 g/mol. The first-order valence-electron chi connectivity index (χ1n) is 7.38. The van der Waals surface area contributed by atoms with Gasteiger partial charge < -0.3 is 11.1 Å². The second kappa shape index (κ2) is 6.67. The summed E-state index contributed by atoms with van der Waals surface area (Å²) in [6, 6.07) is 8.65. The van der Waals surface area contributed by atoms with E-state index in [0.717, 1.165) is 43.1 Å². The van der Waals surface area contributed by atoms with E-state index in [1.54, 1.807) is 0 Å². The van der Waals surface area contributed by atoms with Crippen LogP contribution in [0.3, 0.4) is 0 Å². The number of hydrogen-bond donors (Lipinski definition) is 2. The van der Waals surface area contributed by atoms with E-state index in [9.17, 15) is 4.79 Å². The summed E-state index contributed by atoms with van der Waals surface area (Å²) < 4.78 is 1.11. The molecule has 3 N–H and O–H groups in total. The molecule has 1 amide bonds. The summed E-state index contributed by atoms with van der Waals surface area (Å²) in [4.78, 5) is 12.2. The molecule has 2 saturated carbocycles. The van der Waals surface area contributed by atoms with Crippen LogP contribution in [-0.4, -0.2) is 18.5 Å². The molecule has 116 valence electrons. The Morgan fingerprint density at radius 1 is 1.38 bits per heavy atom. The van der Waals surface area contributed by atoms with Gasteiger partial charge in [0.2, 0.25) is 5.91 Å². The zero-order chi connectivity index (χ0) is 14.2. The molecular weight excluding hydrogens is 352 g/mol. The summed E-state index contributed by atoms with van der Waals surface area (Å²) in [6.07, 6.45) is 5.09. The molecule has 0 saturated heterocycles. The van der Waals surface area contributed by atoms with Gasteiger partial charge in [-0.3, -0.25) is 4.79 Å². The van der Waals surface area contributed by atoms with Gasteiger partial charge in [-0.25, -0.2) is 0 Å². The van der Waals surface area contributed by atoms with Gasteiger partial charge in [-0.2, -0.15) is 0 Å². The van der Waals surface area contributed by atoms with Crippen LogP contribution in [0.1, 0.15) is 37.7 Å². The summed E-state index contributed by atoms with van der Waals surface area (Å²) in [5, 5.41) is 3.16. The number of rotatable bonds is 4. The Bertz CT molecular complexity index is 519. The van der Waals surface area contributed by atoms with Crippen LogP contribution in [-0.2, 0) is 10.2 Å². The van der Waals surface area contributed by atoms with Crippen LogP contribution >= 0.6 is 28.3 Å². The lowest BCUT2D eigenvalue weighted by atomic mass is 9.95. The minimum absolute atomic E-state index is 0. The molecule has 0 spiro atoms. The average molecular weight is 374 g/mol. The standard InChI is InChI=1S/C16H21BrN2O.ClH/c17-13-3-1-2-12(9-13)16(6-7-16)10-19-15(20)11-4-5-14(18)8-11;/h1-3,9,11,14H,4-8,10,18H2,(H,19,20);1H. The second-order valence-electron chi connectivity index (χ2n) is 6.28. The maximum atomic E-state index is 12.2. The van der Waals surface area contributed by atoms with Crippen molar-refractivity contribution in [1.82, 2.24) is 5.32 Å².